The van der Waals surface area contributed by atoms with E-state index in [1.165, 1.54) is 4.57 Å². The first kappa shape index (κ1) is 16.3. The third kappa shape index (κ3) is 2.96. The maximum Gasteiger partial charge on any atom is 0.311 e. The fraction of sp³-hybridized carbons (Fsp3) is 0.571. The quantitative estimate of drug-likeness (QED) is 0.846. The Morgan fingerprint density at radius 2 is 2.30 bits per heavy atom. The molecule has 2 aromatic rings. The van der Waals surface area contributed by atoms with Crippen molar-refractivity contribution in [1.82, 2.24) is 14.5 Å². The van der Waals surface area contributed by atoms with Gasteiger partial charge in [-0.3, -0.25) is 14.2 Å². The molecule has 9 heteroatoms. The van der Waals surface area contributed by atoms with Gasteiger partial charge in [0.2, 0.25) is 0 Å². The molecule has 1 N–H and O–H groups in total. The van der Waals surface area contributed by atoms with Crippen LogP contribution in [-0.4, -0.2) is 31.8 Å². The molecular formula is C14H17N3O4S2. The maximum atomic E-state index is 12.4. The average molecular weight is 355 g/mol. The van der Waals surface area contributed by atoms with E-state index in [-0.39, 0.29) is 22.6 Å². The van der Waals surface area contributed by atoms with Gasteiger partial charge in [0, 0.05) is 13.3 Å². The molecule has 1 aliphatic rings. The molecule has 0 aliphatic carbocycles. The lowest BCUT2D eigenvalue weighted by Gasteiger charge is -2.20. The Morgan fingerprint density at radius 1 is 1.57 bits per heavy atom. The van der Waals surface area contributed by atoms with Gasteiger partial charge >= 0.3 is 4.87 Å². The van der Waals surface area contributed by atoms with Crippen LogP contribution >= 0.6 is 23.6 Å². The minimum absolute atomic E-state index is 0.0238. The highest BCUT2D eigenvalue weighted by atomic mass is 32.1. The first-order valence-electron chi connectivity index (χ1n) is 7.35. The summed E-state index contributed by atoms with van der Waals surface area (Å²) in [6, 6.07) is 0. The van der Waals surface area contributed by atoms with Crippen LogP contribution in [0.15, 0.2) is 9.59 Å². The van der Waals surface area contributed by atoms with E-state index < -0.39 is 6.23 Å². The van der Waals surface area contributed by atoms with Gasteiger partial charge in [-0.15, -0.1) is 0 Å². The molecule has 0 aromatic carbocycles. The smallest absolute Gasteiger partial charge is 0.311 e. The van der Waals surface area contributed by atoms with E-state index in [1.54, 1.807) is 13.8 Å². The first-order chi connectivity index (χ1) is 10.9. The van der Waals surface area contributed by atoms with E-state index in [1.807, 2.05) is 6.92 Å². The number of nitrogens with one attached hydrogen (secondary N) is 1. The molecule has 0 saturated carbocycles. The number of ether oxygens (including phenoxy) is 2. The molecule has 3 rings (SSSR count). The van der Waals surface area contributed by atoms with Crippen molar-refractivity contribution in [1.29, 1.82) is 0 Å². The van der Waals surface area contributed by atoms with Gasteiger partial charge in [0.1, 0.15) is 16.6 Å². The first-order valence-corrected chi connectivity index (χ1v) is 8.57. The molecule has 3 atom stereocenters. The Morgan fingerprint density at radius 3 is 2.96 bits per heavy atom. The number of nitrogens with zero attached hydrogens (tertiary/aromatic N) is 2. The number of aryl methyl sites for hydroxylation is 1. The van der Waals surface area contributed by atoms with Gasteiger partial charge in [-0.25, -0.2) is 4.98 Å². The van der Waals surface area contributed by atoms with Crippen molar-refractivity contribution in [2.45, 2.75) is 52.0 Å². The topological polar surface area (TPSA) is 86.2 Å². The lowest BCUT2D eigenvalue weighted by molar-refractivity contribution is -0.0322. The number of hydrogen-bond acceptors (Lipinski definition) is 7. The van der Waals surface area contributed by atoms with Gasteiger partial charge in [0.25, 0.3) is 5.56 Å². The second kappa shape index (κ2) is 6.14. The summed E-state index contributed by atoms with van der Waals surface area (Å²) in [6.07, 6.45) is 0.420. The highest BCUT2D eigenvalue weighted by Crippen LogP contribution is 2.34. The van der Waals surface area contributed by atoms with E-state index in [0.717, 1.165) is 17.8 Å². The van der Waals surface area contributed by atoms with Gasteiger partial charge in [-0.1, -0.05) is 18.3 Å². The summed E-state index contributed by atoms with van der Waals surface area (Å²) in [7, 11) is 0. The zero-order valence-corrected chi connectivity index (χ0v) is 14.6. The van der Waals surface area contributed by atoms with Crippen LogP contribution in [-0.2, 0) is 9.47 Å². The van der Waals surface area contributed by atoms with Crippen LogP contribution in [0.25, 0.3) is 10.3 Å². The molecule has 0 spiro atoms. The lowest BCUT2D eigenvalue weighted by atomic mass is 10.1. The number of aromatic amines is 1. The van der Waals surface area contributed by atoms with Crippen molar-refractivity contribution in [2.24, 2.45) is 0 Å². The highest BCUT2D eigenvalue weighted by molar-refractivity contribution is 7.80. The van der Waals surface area contributed by atoms with Gasteiger partial charge in [0.15, 0.2) is 16.9 Å². The Hall–Kier alpha value is -1.58. The average Bonchev–Trinajstić information content (AvgIpc) is 2.99. The van der Waals surface area contributed by atoms with Crippen molar-refractivity contribution in [3.8, 4) is 0 Å². The van der Waals surface area contributed by atoms with Crippen molar-refractivity contribution in [2.75, 3.05) is 0 Å². The fourth-order valence-electron chi connectivity index (χ4n) is 2.79. The van der Waals surface area contributed by atoms with Gasteiger partial charge in [-0.2, -0.15) is 0 Å². The van der Waals surface area contributed by atoms with Crippen LogP contribution in [0.3, 0.4) is 0 Å². The van der Waals surface area contributed by atoms with Crippen molar-refractivity contribution in [3.63, 3.8) is 0 Å². The van der Waals surface area contributed by atoms with Gasteiger partial charge in [0.05, 0.1) is 6.10 Å². The number of thiocarbonyl (C=S) groups is 1. The Kier molecular flexibility index (Phi) is 4.35. The summed E-state index contributed by atoms with van der Waals surface area (Å²) in [5, 5.41) is 0.398. The highest BCUT2D eigenvalue weighted by Gasteiger charge is 2.39. The van der Waals surface area contributed by atoms with Crippen LogP contribution in [0, 0.1) is 6.92 Å². The van der Waals surface area contributed by atoms with Crippen LogP contribution in [0.4, 0.5) is 0 Å². The molecule has 0 unspecified atom stereocenters. The molecule has 0 bridgehead atoms. The van der Waals surface area contributed by atoms with Gasteiger partial charge in [-0.05, 0) is 25.6 Å². The van der Waals surface area contributed by atoms with Crippen molar-refractivity contribution in [3.05, 3.63) is 25.8 Å². The molecule has 124 valence electrons. The van der Waals surface area contributed by atoms with E-state index in [9.17, 15) is 9.59 Å². The predicted octanol–water partition coefficient (Wildman–Crippen LogP) is 1.88. The van der Waals surface area contributed by atoms with Gasteiger partial charge < -0.3 is 14.5 Å². The number of H-pyrrole nitrogens is 1. The number of hydrogen-bond donors (Lipinski definition) is 1. The zero-order valence-electron chi connectivity index (χ0n) is 13.0. The molecule has 3 heterocycles. The number of aromatic nitrogens is 3. The van der Waals surface area contributed by atoms with Crippen LogP contribution in [0.1, 0.15) is 38.7 Å². The summed E-state index contributed by atoms with van der Waals surface area (Å²) in [6.45, 7) is 5.37. The van der Waals surface area contributed by atoms with E-state index >= 15 is 0 Å². The van der Waals surface area contributed by atoms with E-state index in [0.29, 0.717) is 27.6 Å². The molecule has 1 fully saturated rings. The molecule has 2 aromatic heterocycles. The second-order valence-corrected chi connectivity index (χ2v) is 7.02. The van der Waals surface area contributed by atoms with Crippen molar-refractivity contribution < 1.29 is 9.47 Å². The molecule has 23 heavy (non-hydrogen) atoms. The standard InChI is InChI=1S/C14H17N3O4S2/c1-4-8-5-9(20-7(3)22)13(21-8)17-11-10(23-14(17)19)12(18)16-6(2)15-11/h8-9,13H,4-5H2,1-3H3,(H,15,16,18)/t8-,9-,13-/m1/s1. The number of rotatable bonds is 3. The molecule has 1 saturated heterocycles. The summed E-state index contributed by atoms with van der Waals surface area (Å²) in [5.74, 6) is 0.447. The molecule has 7 nitrogen and oxygen atoms in total. The zero-order chi connectivity index (χ0) is 16.7. The summed E-state index contributed by atoms with van der Waals surface area (Å²) >= 11 is 5.89. The maximum absolute atomic E-state index is 12.4. The Balaban J connectivity index is 2.14. The lowest BCUT2D eigenvalue weighted by Crippen LogP contribution is -2.30. The molecule has 1 aliphatic heterocycles. The summed E-state index contributed by atoms with van der Waals surface area (Å²) in [4.78, 5) is 31.1. The van der Waals surface area contributed by atoms with Crippen LogP contribution in [0.5, 0.6) is 0 Å². The third-order valence-electron chi connectivity index (χ3n) is 3.76. The number of thiazole rings is 1. The SMILES string of the molecule is CC[C@@H]1C[C@@H](OC(C)=S)[C@H](n2c(=O)sc3c(=O)[nH]c(C)nc32)O1. The Labute approximate surface area is 141 Å². The monoisotopic (exact) mass is 355 g/mol. The van der Waals surface area contributed by atoms with Crippen molar-refractivity contribution >= 4 is 39.0 Å². The normalized spacial score (nSPS) is 24.2. The summed E-state index contributed by atoms with van der Waals surface area (Å²) in [5.41, 5.74) is 0.0143. The van der Waals surface area contributed by atoms with Crippen LogP contribution in [0.2, 0.25) is 0 Å². The van der Waals surface area contributed by atoms with Crippen LogP contribution < -0.4 is 10.4 Å². The fourth-order valence-corrected chi connectivity index (χ4v) is 3.75. The third-order valence-corrected chi connectivity index (χ3v) is 4.80. The molecule has 0 amide bonds. The predicted molar refractivity (Wildman–Crippen MR) is 91.2 cm³/mol. The molecule has 0 radical (unpaired) electrons. The summed E-state index contributed by atoms with van der Waals surface area (Å²) < 4.78 is 13.4. The van der Waals surface area contributed by atoms with E-state index in [4.69, 9.17) is 21.7 Å². The number of fused-ring (bicyclic) bond motifs is 1. The second-order valence-electron chi connectivity index (χ2n) is 5.48. The minimum Gasteiger partial charge on any atom is -0.479 e. The van der Waals surface area contributed by atoms with E-state index in [2.05, 4.69) is 9.97 Å². The largest absolute Gasteiger partial charge is 0.479 e. The Bertz CT molecular complexity index is 869. The molecular weight excluding hydrogens is 338 g/mol. The minimum atomic E-state index is -0.632.